The third-order valence-electron chi connectivity index (χ3n) is 9.54. The van der Waals surface area contributed by atoms with Gasteiger partial charge in [0.25, 0.3) is 0 Å². The van der Waals surface area contributed by atoms with E-state index >= 15 is 0 Å². The van der Waals surface area contributed by atoms with Crippen molar-refractivity contribution in [3.63, 3.8) is 0 Å². The van der Waals surface area contributed by atoms with Crippen LogP contribution in [0.3, 0.4) is 0 Å². The molecule has 0 aliphatic heterocycles. The molecule has 4 fully saturated rings. The molecule has 4 saturated carbocycles. The molecule has 0 spiro atoms. The molecule has 0 saturated heterocycles. The molecule has 0 aromatic heterocycles. The maximum absolute atomic E-state index is 12.1. The molecule has 7 unspecified atom stereocenters. The second kappa shape index (κ2) is 5.92. The standard InChI is InChI=1S/C23H40O2Si/c1-21-12-9-17(24)15-16(21)7-8-18-19(21)10-13-22(2)20(18)11-14-23(22,3)25-26(4,5)6/h16,18-20H,7-15H2,1-6H3. The summed E-state index contributed by atoms with van der Waals surface area (Å²) in [5, 5.41) is 0. The van der Waals surface area contributed by atoms with Gasteiger partial charge in [-0.3, -0.25) is 4.79 Å². The predicted octanol–water partition coefficient (Wildman–Crippen LogP) is 6.21. The summed E-state index contributed by atoms with van der Waals surface area (Å²) < 4.78 is 6.88. The van der Waals surface area contributed by atoms with E-state index in [-0.39, 0.29) is 5.60 Å². The fourth-order valence-electron chi connectivity index (χ4n) is 8.11. The monoisotopic (exact) mass is 376 g/mol. The summed E-state index contributed by atoms with van der Waals surface area (Å²) in [7, 11) is -1.55. The molecule has 0 bridgehead atoms. The third-order valence-corrected chi connectivity index (χ3v) is 10.6. The van der Waals surface area contributed by atoms with Crippen LogP contribution in [0.25, 0.3) is 0 Å². The van der Waals surface area contributed by atoms with Gasteiger partial charge in [0.1, 0.15) is 5.78 Å². The zero-order valence-electron chi connectivity index (χ0n) is 18.0. The van der Waals surface area contributed by atoms with Gasteiger partial charge in [-0.2, -0.15) is 0 Å². The van der Waals surface area contributed by atoms with E-state index in [9.17, 15) is 4.79 Å². The summed E-state index contributed by atoms with van der Waals surface area (Å²) in [5.41, 5.74) is 0.853. The third kappa shape index (κ3) is 2.70. The molecule has 7 atom stereocenters. The molecule has 0 aromatic rings. The highest BCUT2D eigenvalue weighted by molar-refractivity contribution is 6.69. The molecule has 0 aromatic carbocycles. The van der Waals surface area contributed by atoms with Crippen LogP contribution in [0, 0.1) is 34.5 Å². The van der Waals surface area contributed by atoms with E-state index in [1.807, 2.05) is 0 Å². The Hall–Kier alpha value is -0.153. The van der Waals surface area contributed by atoms with Crippen LogP contribution in [0.2, 0.25) is 19.6 Å². The van der Waals surface area contributed by atoms with Crippen LogP contribution in [0.15, 0.2) is 0 Å². The molecule has 0 radical (unpaired) electrons. The summed E-state index contributed by atoms with van der Waals surface area (Å²) in [6.45, 7) is 14.6. The van der Waals surface area contributed by atoms with Gasteiger partial charge in [-0.05, 0) is 106 Å². The van der Waals surface area contributed by atoms with Gasteiger partial charge in [-0.15, -0.1) is 0 Å². The number of ketones is 1. The molecule has 4 aliphatic rings. The van der Waals surface area contributed by atoms with Crippen LogP contribution in [-0.2, 0) is 9.22 Å². The van der Waals surface area contributed by atoms with Crippen molar-refractivity contribution in [1.82, 2.24) is 0 Å². The molecular formula is C23H40O2Si. The molecule has 4 rings (SSSR count). The number of carbonyl (C=O) groups excluding carboxylic acids is 1. The molecule has 0 heterocycles. The Morgan fingerprint density at radius 3 is 2.31 bits per heavy atom. The number of fused-ring (bicyclic) bond motifs is 5. The van der Waals surface area contributed by atoms with Crippen molar-refractivity contribution in [3.05, 3.63) is 0 Å². The predicted molar refractivity (Wildman–Crippen MR) is 110 cm³/mol. The quantitative estimate of drug-likeness (QED) is 0.536. The van der Waals surface area contributed by atoms with Gasteiger partial charge in [0.05, 0.1) is 5.60 Å². The molecule has 4 aliphatic carbocycles. The number of carbonyl (C=O) groups is 1. The lowest BCUT2D eigenvalue weighted by Gasteiger charge is -2.61. The van der Waals surface area contributed by atoms with E-state index in [0.29, 0.717) is 22.5 Å². The highest BCUT2D eigenvalue weighted by atomic mass is 28.4. The Balaban J connectivity index is 1.61. The van der Waals surface area contributed by atoms with Crippen molar-refractivity contribution in [2.75, 3.05) is 0 Å². The first kappa shape index (κ1) is 19.2. The molecule has 3 heteroatoms. The van der Waals surface area contributed by atoms with Crippen molar-refractivity contribution in [2.45, 2.75) is 104 Å². The average molecular weight is 377 g/mol. The van der Waals surface area contributed by atoms with Crippen LogP contribution in [0.4, 0.5) is 0 Å². The largest absolute Gasteiger partial charge is 0.412 e. The van der Waals surface area contributed by atoms with Gasteiger partial charge in [0, 0.05) is 12.8 Å². The minimum absolute atomic E-state index is 0.0768. The fourth-order valence-corrected chi connectivity index (χ4v) is 9.80. The average Bonchev–Trinajstić information content (AvgIpc) is 2.77. The smallest absolute Gasteiger partial charge is 0.184 e. The topological polar surface area (TPSA) is 26.3 Å². The SMILES string of the molecule is CC12CCC(=O)CC1CCC1C2CCC2(C)C1CCC2(C)O[Si](C)(C)C. The van der Waals surface area contributed by atoms with Crippen LogP contribution >= 0.6 is 0 Å². The molecular weight excluding hydrogens is 336 g/mol. The first-order valence-electron chi connectivity index (χ1n) is 11.2. The van der Waals surface area contributed by atoms with E-state index in [1.54, 1.807) is 0 Å². The number of hydrogen-bond acceptors (Lipinski definition) is 2. The van der Waals surface area contributed by atoms with Crippen LogP contribution < -0.4 is 0 Å². The summed E-state index contributed by atoms with van der Waals surface area (Å²) >= 11 is 0. The number of rotatable bonds is 2. The minimum atomic E-state index is -1.55. The van der Waals surface area contributed by atoms with Gasteiger partial charge < -0.3 is 4.43 Å². The first-order valence-corrected chi connectivity index (χ1v) is 14.6. The fraction of sp³-hybridized carbons (Fsp3) is 0.957. The first-order chi connectivity index (χ1) is 12.0. The highest BCUT2D eigenvalue weighted by Gasteiger charge is 2.64. The Bertz CT molecular complexity index is 596. The van der Waals surface area contributed by atoms with Crippen LogP contribution in [0.5, 0.6) is 0 Å². The molecule has 0 N–H and O–H groups in total. The van der Waals surface area contributed by atoms with Gasteiger partial charge in [-0.25, -0.2) is 0 Å². The van der Waals surface area contributed by atoms with Crippen molar-refractivity contribution < 1.29 is 9.22 Å². The van der Waals surface area contributed by atoms with Crippen LogP contribution in [-0.4, -0.2) is 19.7 Å². The molecule has 26 heavy (non-hydrogen) atoms. The zero-order valence-corrected chi connectivity index (χ0v) is 19.0. The lowest BCUT2D eigenvalue weighted by molar-refractivity contribution is -0.149. The minimum Gasteiger partial charge on any atom is -0.412 e. The van der Waals surface area contributed by atoms with Crippen molar-refractivity contribution in [1.29, 1.82) is 0 Å². The highest BCUT2D eigenvalue weighted by Crippen LogP contribution is 2.68. The van der Waals surface area contributed by atoms with E-state index in [1.165, 1.54) is 38.5 Å². The second-order valence-corrected chi connectivity index (χ2v) is 16.3. The normalized spacial score (nSPS) is 51.5. The summed E-state index contributed by atoms with van der Waals surface area (Å²) in [5.74, 6) is 3.75. The Morgan fingerprint density at radius 2 is 1.62 bits per heavy atom. The number of Topliss-reactive ketones (excluding diaryl/α,β-unsaturated/α-hetero) is 1. The molecule has 0 amide bonds. The van der Waals surface area contributed by atoms with Crippen molar-refractivity contribution >= 4 is 14.1 Å². The maximum atomic E-state index is 12.1. The van der Waals surface area contributed by atoms with E-state index in [0.717, 1.165) is 37.0 Å². The summed E-state index contributed by atoms with van der Waals surface area (Å²) in [4.78, 5) is 12.1. The van der Waals surface area contributed by atoms with Gasteiger partial charge in [0.2, 0.25) is 0 Å². The Morgan fingerprint density at radius 1 is 0.923 bits per heavy atom. The maximum Gasteiger partial charge on any atom is 0.184 e. The van der Waals surface area contributed by atoms with E-state index in [2.05, 4.69) is 40.4 Å². The summed E-state index contributed by atoms with van der Waals surface area (Å²) in [6.07, 6.45) is 10.8. The van der Waals surface area contributed by atoms with Gasteiger partial charge in [-0.1, -0.05) is 13.8 Å². The van der Waals surface area contributed by atoms with Crippen LogP contribution in [0.1, 0.15) is 78.6 Å². The molecule has 148 valence electrons. The molecule has 2 nitrogen and oxygen atoms in total. The lowest BCUT2D eigenvalue weighted by Crippen LogP contribution is -2.57. The van der Waals surface area contributed by atoms with Crippen molar-refractivity contribution in [3.8, 4) is 0 Å². The van der Waals surface area contributed by atoms with E-state index < -0.39 is 8.32 Å². The number of hydrogen-bond donors (Lipinski definition) is 0. The van der Waals surface area contributed by atoms with Gasteiger partial charge in [0.15, 0.2) is 8.32 Å². The Kier molecular flexibility index (Phi) is 4.37. The van der Waals surface area contributed by atoms with Gasteiger partial charge >= 0.3 is 0 Å². The Labute approximate surface area is 162 Å². The summed E-state index contributed by atoms with van der Waals surface area (Å²) in [6, 6.07) is 0. The van der Waals surface area contributed by atoms with E-state index in [4.69, 9.17) is 4.43 Å². The van der Waals surface area contributed by atoms with Crippen molar-refractivity contribution in [2.24, 2.45) is 34.5 Å². The second-order valence-electron chi connectivity index (χ2n) is 11.8. The zero-order chi connectivity index (χ0) is 19.0. The lowest BCUT2D eigenvalue weighted by atomic mass is 9.44.